The van der Waals surface area contributed by atoms with Gasteiger partial charge in [0.15, 0.2) is 0 Å². The molecule has 2 aromatic rings. The van der Waals surface area contributed by atoms with Gasteiger partial charge < -0.3 is 15.4 Å². The molecule has 2 N–H and O–H groups in total. The quantitative estimate of drug-likeness (QED) is 0.780. The Bertz CT molecular complexity index is 715. The van der Waals surface area contributed by atoms with E-state index in [1.54, 1.807) is 44.3 Å². The molecule has 1 aromatic heterocycles. The largest absolute Gasteiger partial charge is 0.462 e. The Morgan fingerprint density at radius 3 is 2.65 bits per heavy atom. The van der Waals surface area contributed by atoms with Crippen molar-refractivity contribution in [2.24, 2.45) is 0 Å². The Balaban J connectivity index is 2.12. The fourth-order valence-corrected chi connectivity index (χ4v) is 2.98. The van der Waals surface area contributed by atoms with Crippen molar-refractivity contribution < 1.29 is 14.3 Å². The number of hydrogen-bond donors (Lipinski definition) is 2. The topological polar surface area (TPSA) is 67.4 Å². The molecule has 0 unspecified atom stereocenters. The minimum atomic E-state index is -0.382. The Labute approximate surface area is 143 Å². The van der Waals surface area contributed by atoms with Gasteiger partial charge in [0.05, 0.1) is 21.4 Å². The fourth-order valence-electron chi connectivity index (χ4n) is 2.02. The third-order valence-corrected chi connectivity index (χ3v) is 4.35. The van der Waals surface area contributed by atoms with Crippen molar-refractivity contribution in [1.82, 2.24) is 5.32 Å². The molecule has 7 heteroatoms. The number of benzene rings is 1. The molecule has 0 spiro atoms. The van der Waals surface area contributed by atoms with Crippen molar-refractivity contribution in [3.63, 3.8) is 0 Å². The lowest BCUT2D eigenvalue weighted by atomic mass is 10.1. The molecular formula is C16H17ClN2O3S. The third-order valence-electron chi connectivity index (χ3n) is 3.12. The predicted molar refractivity (Wildman–Crippen MR) is 92.4 cm³/mol. The van der Waals surface area contributed by atoms with E-state index >= 15 is 0 Å². The van der Waals surface area contributed by atoms with E-state index in [2.05, 4.69) is 10.6 Å². The molecule has 5 nitrogen and oxygen atoms in total. The van der Waals surface area contributed by atoms with Crippen molar-refractivity contribution in [1.29, 1.82) is 0 Å². The standard InChI is InChI=1S/C16H17ClN2O3S/c1-3-22-16(21)10-4-5-12(18-2)11(8-10)9-19-15(20)13-6-7-14(17)23-13/h4-8,18H,3,9H2,1-2H3,(H,19,20). The molecule has 0 bridgehead atoms. The van der Waals surface area contributed by atoms with Gasteiger partial charge in [0, 0.05) is 19.3 Å². The van der Waals surface area contributed by atoms with Crippen LogP contribution in [-0.2, 0) is 11.3 Å². The highest BCUT2D eigenvalue weighted by Crippen LogP contribution is 2.22. The van der Waals surface area contributed by atoms with Crippen molar-refractivity contribution >= 4 is 40.5 Å². The summed E-state index contributed by atoms with van der Waals surface area (Å²) in [4.78, 5) is 24.4. The molecule has 0 saturated carbocycles. The molecule has 0 radical (unpaired) electrons. The predicted octanol–water partition coefficient (Wildman–Crippen LogP) is 3.55. The first-order valence-electron chi connectivity index (χ1n) is 7.06. The normalized spacial score (nSPS) is 10.2. The van der Waals surface area contributed by atoms with Crippen LogP contribution in [0.3, 0.4) is 0 Å². The smallest absolute Gasteiger partial charge is 0.338 e. The molecule has 2 rings (SSSR count). The van der Waals surface area contributed by atoms with Crippen LogP contribution in [0.2, 0.25) is 4.34 Å². The third kappa shape index (κ3) is 4.46. The molecule has 1 aromatic carbocycles. The van der Waals surface area contributed by atoms with E-state index in [9.17, 15) is 9.59 Å². The number of nitrogens with one attached hydrogen (secondary N) is 2. The molecule has 0 saturated heterocycles. The van der Waals surface area contributed by atoms with Gasteiger partial charge in [-0.05, 0) is 42.8 Å². The summed E-state index contributed by atoms with van der Waals surface area (Å²) in [6, 6.07) is 8.55. The Morgan fingerprint density at radius 2 is 2.04 bits per heavy atom. The van der Waals surface area contributed by atoms with Crippen LogP contribution in [0.4, 0.5) is 5.69 Å². The number of carbonyl (C=O) groups is 2. The number of hydrogen-bond acceptors (Lipinski definition) is 5. The first-order valence-corrected chi connectivity index (χ1v) is 8.26. The summed E-state index contributed by atoms with van der Waals surface area (Å²) >= 11 is 7.05. The first kappa shape index (κ1) is 17.3. The Hall–Kier alpha value is -2.05. The number of carbonyl (C=O) groups excluding carboxylic acids is 2. The van der Waals surface area contributed by atoms with E-state index in [4.69, 9.17) is 16.3 Å². The van der Waals surface area contributed by atoms with Crippen LogP contribution < -0.4 is 10.6 Å². The van der Waals surface area contributed by atoms with Gasteiger partial charge in [-0.1, -0.05) is 11.6 Å². The summed E-state index contributed by atoms with van der Waals surface area (Å²) in [5, 5.41) is 5.86. The second-order valence-corrected chi connectivity index (χ2v) is 6.34. The summed E-state index contributed by atoms with van der Waals surface area (Å²) in [6.45, 7) is 2.36. The van der Waals surface area contributed by atoms with E-state index in [1.165, 1.54) is 11.3 Å². The molecule has 122 valence electrons. The van der Waals surface area contributed by atoms with Crippen molar-refractivity contribution in [2.75, 3.05) is 19.0 Å². The van der Waals surface area contributed by atoms with E-state index in [0.717, 1.165) is 11.3 Å². The number of esters is 1. The minimum absolute atomic E-state index is 0.203. The lowest BCUT2D eigenvalue weighted by molar-refractivity contribution is 0.0526. The molecule has 0 aliphatic rings. The van der Waals surface area contributed by atoms with Gasteiger partial charge >= 0.3 is 5.97 Å². The summed E-state index contributed by atoms with van der Waals surface area (Å²) in [5.74, 6) is -0.585. The van der Waals surface area contributed by atoms with Gasteiger partial charge in [-0.2, -0.15) is 0 Å². The highest BCUT2D eigenvalue weighted by Gasteiger charge is 2.12. The molecule has 0 aliphatic heterocycles. The van der Waals surface area contributed by atoms with Gasteiger partial charge in [0.25, 0.3) is 5.91 Å². The zero-order chi connectivity index (χ0) is 16.8. The summed E-state index contributed by atoms with van der Waals surface area (Å²) < 4.78 is 5.56. The van der Waals surface area contributed by atoms with Crippen LogP contribution in [0.25, 0.3) is 0 Å². The lowest BCUT2D eigenvalue weighted by Crippen LogP contribution is -2.22. The molecule has 0 aliphatic carbocycles. The average Bonchev–Trinajstić information content (AvgIpc) is 2.99. The highest BCUT2D eigenvalue weighted by atomic mass is 35.5. The van der Waals surface area contributed by atoms with Crippen molar-refractivity contribution in [3.8, 4) is 0 Å². The number of anilines is 1. The molecule has 0 fully saturated rings. The zero-order valence-corrected chi connectivity index (χ0v) is 14.4. The maximum atomic E-state index is 12.1. The summed E-state index contributed by atoms with van der Waals surface area (Å²) in [6.07, 6.45) is 0. The van der Waals surface area contributed by atoms with Gasteiger partial charge in [-0.15, -0.1) is 11.3 Å². The van der Waals surface area contributed by atoms with Crippen molar-refractivity contribution in [2.45, 2.75) is 13.5 Å². The number of amides is 1. The van der Waals surface area contributed by atoms with Crippen LogP contribution in [0.15, 0.2) is 30.3 Å². The maximum Gasteiger partial charge on any atom is 0.338 e. The molecule has 1 amide bonds. The number of halogens is 1. The Morgan fingerprint density at radius 1 is 1.26 bits per heavy atom. The van der Waals surface area contributed by atoms with Gasteiger partial charge in [0.2, 0.25) is 0 Å². The second-order valence-electron chi connectivity index (χ2n) is 4.63. The number of rotatable bonds is 6. The van der Waals surface area contributed by atoms with E-state index in [0.29, 0.717) is 21.4 Å². The fraction of sp³-hybridized carbons (Fsp3) is 0.250. The minimum Gasteiger partial charge on any atom is -0.462 e. The van der Waals surface area contributed by atoms with E-state index in [-0.39, 0.29) is 18.4 Å². The lowest BCUT2D eigenvalue weighted by Gasteiger charge is -2.12. The van der Waals surface area contributed by atoms with E-state index < -0.39 is 0 Å². The number of thiophene rings is 1. The second kappa shape index (κ2) is 7.99. The zero-order valence-electron chi connectivity index (χ0n) is 12.8. The first-order chi connectivity index (χ1) is 11.0. The number of ether oxygens (including phenoxy) is 1. The average molecular weight is 353 g/mol. The molecular weight excluding hydrogens is 336 g/mol. The van der Waals surface area contributed by atoms with Crippen LogP contribution in [0, 0.1) is 0 Å². The van der Waals surface area contributed by atoms with Crippen LogP contribution >= 0.6 is 22.9 Å². The van der Waals surface area contributed by atoms with Gasteiger partial charge in [0.1, 0.15) is 0 Å². The van der Waals surface area contributed by atoms with Gasteiger partial charge in [-0.25, -0.2) is 4.79 Å². The molecule has 0 atom stereocenters. The Kier molecular flexibility index (Phi) is 6.01. The summed E-state index contributed by atoms with van der Waals surface area (Å²) in [7, 11) is 1.78. The maximum absolute atomic E-state index is 12.1. The summed E-state index contributed by atoms with van der Waals surface area (Å²) in [5.41, 5.74) is 2.09. The van der Waals surface area contributed by atoms with E-state index in [1.807, 2.05) is 0 Å². The molecule has 1 heterocycles. The van der Waals surface area contributed by atoms with Gasteiger partial charge in [-0.3, -0.25) is 4.79 Å². The van der Waals surface area contributed by atoms with Crippen LogP contribution in [-0.4, -0.2) is 25.5 Å². The molecule has 23 heavy (non-hydrogen) atoms. The van der Waals surface area contributed by atoms with Crippen LogP contribution in [0.5, 0.6) is 0 Å². The van der Waals surface area contributed by atoms with Crippen LogP contribution in [0.1, 0.15) is 32.5 Å². The highest BCUT2D eigenvalue weighted by molar-refractivity contribution is 7.17. The van der Waals surface area contributed by atoms with Crippen molar-refractivity contribution in [3.05, 3.63) is 50.7 Å². The monoisotopic (exact) mass is 352 g/mol. The SMILES string of the molecule is CCOC(=O)c1ccc(NC)c(CNC(=O)c2ccc(Cl)s2)c1.